The summed E-state index contributed by atoms with van der Waals surface area (Å²) in [5.74, 6) is -2.61. The molecule has 0 bridgehead atoms. The molecule has 2 unspecified atom stereocenters. The third kappa shape index (κ3) is 14.3. The lowest BCUT2D eigenvalue weighted by Crippen LogP contribution is -2.50. The molecule has 0 aromatic carbocycles. The van der Waals surface area contributed by atoms with Crippen molar-refractivity contribution in [1.29, 1.82) is 0 Å². The maximum absolute atomic E-state index is 11.7. The molecule has 0 fully saturated rings. The largest absolute Gasteiger partial charge is 0.481 e. The van der Waals surface area contributed by atoms with Crippen LogP contribution in [0.15, 0.2) is 4.99 Å². The van der Waals surface area contributed by atoms with E-state index >= 15 is 0 Å². The van der Waals surface area contributed by atoms with Crippen molar-refractivity contribution in [3.8, 4) is 0 Å². The number of carboxylic acids is 2. The zero-order valence-electron chi connectivity index (χ0n) is 13.7. The summed E-state index contributed by atoms with van der Waals surface area (Å²) in [6.45, 7) is 4.89. The summed E-state index contributed by atoms with van der Waals surface area (Å²) in [5.41, 5.74) is 16.0. The third-order valence-electron chi connectivity index (χ3n) is 2.53. The average Bonchev–Trinajstić information content (AvgIpc) is 2.38. The summed E-state index contributed by atoms with van der Waals surface area (Å²) in [6.07, 6.45) is 0.930. The van der Waals surface area contributed by atoms with Crippen molar-refractivity contribution in [2.75, 3.05) is 6.54 Å². The van der Waals surface area contributed by atoms with E-state index in [4.69, 9.17) is 32.2 Å². The quantitative estimate of drug-likeness (QED) is 0.179. The molecule has 0 spiro atoms. The second-order valence-electron chi connectivity index (χ2n) is 5.14. The van der Waals surface area contributed by atoms with Crippen molar-refractivity contribution in [3.63, 3.8) is 0 Å². The van der Waals surface area contributed by atoms with Crippen molar-refractivity contribution in [2.24, 2.45) is 28.1 Å². The van der Waals surface area contributed by atoms with Gasteiger partial charge in [0.1, 0.15) is 6.04 Å². The Morgan fingerprint density at radius 2 is 1.65 bits per heavy atom. The minimum absolute atomic E-state index is 0.0104. The summed E-state index contributed by atoms with van der Waals surface area (Å²) in [7, 11) is 0. The van der Waals surface area contributed by atoms with Crippen LogP contribution in [0.4, 0.5) is 0 Å². The van der Waals surface area contributed by atoms with Crippen LogP contribution < -0.4 is 22.5 Å². The molecule has 0 heterocycles. The van der Waals surface area contributed by atoms with E-state index in [2.05, 4.69) is 10.3 Å². The number of nitrogens with one attached hydrogen (secondary N) is 1. The molecular weight excluding hydrogens is 306 g/mol. The van der Waals surface area contributed by atoms with Gasteiger partial charge in [-0.3, -0.25) is 14.6 Å². The number of carbonyl (C=O) groups is 3. The van der Waals surface area contributed by atoms with Crippen LogP contribution in [-0.2, 0) is 14.4 Å². The maximum atomic E-state index is 11.7. The minimum atomic E-state index is -1.07. The van der Waals surface area contributed by atoms with Gasteiger partial charge in [0.05, 0.1) is 6.04 Å². The van der Waals surface area contributed by atoms with Gasteiger partial charge in [-0.25, -0.2) is 4.79 Å². The van der Waals surface area contributed by atoms with Gasteiger partial charge in [-0.2, -0.15) is 0 Å². The van der Waals surface area contributed by atoms with Crippen LogP contribution in [0.3, 0.4) is 0 Å². The van der Waals surface area contributed by atoms with Crippen LogP contribution >= 0.6 is 0 Å². The standard InChI is InChI=1S/C11H23N5O3.C2H4O2/c1-6(2)8(10(18)19)16-9(17)7(12)4-3-5-15-11(13)14;1-2(3)4/h6-8H,3-5,12H2,1-2H3,(H,16,17)(H,18,19)(H4,13,14,15);1H3,(H,3,4). The topological polar surface area (TPSA) is 194 Å². The molecule has 0 aliphatic rings. The molecule has 0 saturated carbocycles. The first-order valence-electron chi connectivity index (χ1n) is 7.02. The summed E-state index contributed by atoms with van der Waals surface area (Å²) in [4.78, 5) is 35.4. The predicted octanol–water partition coefficient (Wildman–Crippen LogP) is -1.32. The highest BCUT2D eigenvalue weighted by Crippen LogP contribution is 2.03. The molecule has 2 atom stereocenters. The molecule has 134 valence electrons. The van der Waals surface area contributed by atoms with Crippen LogP contribution in [0.1, 0.15) is 33.6 Å². The van der Waals surface area contributed by atoms with Gasteiger partial charge in [-0.05, 0) is 18.8 Å². The molecule has 10 heteroatoms. The fourth-order valence-corrected chi connectivity index (χ4v) is 1.42. The number of carboxylic acid groups (broad SMARTS) is 2. The molecule has 10 nitrogen and oxygen atoms in total. The number of nitrogens with two attached hydrogens (primary N) is 3. The Morgan fingerprint density at radius 1 is 1.17 bits per heavy atom. The lowest BCUT2D eigenvalue weighted by atomic mass is 10.0. The van der Waals surface area contributed by atoms with Gasteiger partial charge in [-0.1, -0.05) is 13.8 Å². The number of amides is 1. The highest BCUT2D eigenvalue weighted by atomic mass is 16.4. The van der Waals surface area contributed by atoms with Gasteiger partial charge < -0.3 is 32.7 Å². The minimum Gasteiger partial charge on any atom is -0.481 e. The molecule has 9 N–H and O–H groups in total. The summed E-state index contributed by atoms with van der Waals surface area (Å²) < 4.78 is 0. The fraction of sp³-hybridized carbons (Fsp3) is 0.692. The Balaban J connectivity index is 0. The molecule has 1 amide bonds. The van der Waals surface area contributed by atoms with E-state index in [1.54, 1.807) is 13.8 Å². The Kier molecular flexibility index (Phi) is 12.2. The van der Waals surface area contributed by atoms with E-state index in [0.717, 1.165) is 6.92 Å². The van der Waals surface area contributed by atoms with Crippen molar-refractivity contribution in [1.82, 2.24) is 5.32 Å². The van der Waals surface area contributed by atoms with Crippen molar-refractivity contribution in [3.05, 3.63) is 0 Å². The van der Waals surface area contributed by atoms with E-state index in [0.29, 0.717) is 19.4 Å². The van der Waals surface area contributed by atoms with E-state index < -0.39 is 29.9 Å². The Labute approximate surface area is 135 Å². The van der Waals surface area contributed by atoms with Gasteiger partial charge in [0.2, 0.25) is 5.91 Å². The first kappa shape index (κ1) is 22.9. The molecular formula is C13H27N5O5. The van der Waals surface area contributed by atoms with Crippen LogP contribution in [0, 0.1) is 5.92 Å². The molecule has 0 radical (unpaired) electrons. The van der Waals surface area contributed by atoms with Crippen LogP contribution in [-0.4, -0.2) is 52.6 Å². The smallest absolute Gasteiger partial charge is 0.326 e. The monoisotopic (exact) mass is 333 g/mol. The lowest BCUT2D eigenvalue weighted by Gasteiger charge is -2.20. The van der Waals surface area contributed by atoms with Crippen LogP contribution in [0.25, 0.3) is 0 Å². The second kappa shape index (κ2) is 12.2. The number of aliphatic carboxylic acids is 2. The molecule has 0 aromatic rings. The number of aliphatic imine (C=N–C) groups is 1. The lowest BCUT2D eigenvalue weighted by molar-refractivity contribution is -0.143. The number of rotatable bonds is 8. The first-order chi connectivity index (χ1) is 10.5. The van der Waals surface area contributed by atoms with Crippen LogP contribution in [0.2, 0.25) is 0 Å². The van der Waals surface area contributed by atoms with Gasteiger partial charge in [0.25, 0.3) is 5.97 Å². The second-order valence-corrected chi connectivity index (χ2v) is 5.14. The third-order valence-corrected chi connectivity index (χ3v) is 2.53. The fourth-order valence-electron chi connectivity index (χ4n) is 1.42. The average molecular weight is 333 g/mol. The first-order valence-corrected chi connectivity index (χ1v) is 7.02. The van der Waals surface area contributed by atoms with E-state index in [1.807, 2.05) is 0 Å². The summed E-state index contributed by atoms with van der Waals surface area (Å²) in [5, 5.41) is 18.8. The van der Waals surface area contributed by atoms with Gasteiger partial charge in [0, 0.05) is 13.5 Å². The van der Waals surface area contributed by atoms with Crippen molar-refractivity contribution < 1.29 is 24.6 Å². The highest BCUT2D eigenvalue weighted by Gasteiger charge is 2.25. The van der Waals surface area contributed by atoms with E-state index in [-0.39, 0.29) is 11.9 Å². The zero-order valence-corrected chi connectivity index (χ0v) is 13.7. The van der Waals surface area contributed by atoms with E-state index in [9.17, 15) is 9.59 Å². The zero-order chi connectivity index (χ0) is 18.6. The van der Waals surface area contributed by atoms with Crippen molar-refractivity contribution in [2.45, 2.75) is 45.7 Å². The number of carbonyl (C=O) groups excluding carboxylic acids is 1. The number of hydrogen-bond donors (Lipinski definition) is 6. The summed E-state index contributed by atoms with van der Waals surface area (Å²) in [6, 6.07) is -1.70. The maximum Gasteiger partial charge on any atom is 0.326 e. The predicted molar refractivity (Wildman–Crippen MR) is 85.6 cm³/mol. The number of nitrogens with zero attached hydrogens (tertiary/aromatic N) is 1. The Hall–Kier alpha value is -2.36. The Bertz CT molecular complexity index is 417. The van der Waals surface area contributed by atoms with E-state index in [1.165, 1.54) is 0 Å². The highest BCUT2D eigenvalue weighted by molar-refractivity contribution is 5.86. The molecule has 23 heavy (non-hydrogen) atoms. The number of hydrogen-bond acceptors (Lipinski definition) is 5. The van der Waals surface area contributed by atoms with Gasteiger partial charge in [0.15, 0.2) is 5.96 Å². The normalized spacial score (nSPS) is 12.4. The Morgan fingerprint density at radius 3 is 2.00 bits per heavy atom. The SMILES string of the molecule is CC(=O)O.CC(C)C(NC(=O)C(N)CCCN=C(N)N)C(=O)O. The molecule has 0 aromatic heterocycles. The van der Waals surface area contributed by atoms with Crippen LogP contribution in [0.5, 0.6) is 0 Å². The molecule has 0 rings (SSSR count). The number of guanidine groups is 1. The molecule has 0 saturated heterocycles. The summed E-state index contributed by atoms with van der Waals surface area (Å²) >= 11 is 0. The van der Waals surface area contributed by atoms with Crippen molar-refractivity contribution >= 4 is 23.8 Å². The molecule has 0 aliphatic heterocycles. The van der Waals surface area contributed by atoms with Gasteiger partial charge >= 0.3 is 5.97 Å². The molecule has 0 aliphatic carbocycles. The van der Waals surface area contributed by atoms with Gasteiger partial charge in [-0.15, -0.1) is 0 Å².